The summed E-state index contributed by atoms with van der Waals surface area (Å²) in [6, 6.07) is 13.7. The first-order chi connectivity index (χ1) is 13.5. The summed E-state index contributed by atoms with van der Waals surface area (Å²) in [7, 11) is 0. The van der Waals surface area contributed by atoms with E-state index in [9.17, 15) is 14.8 Å². The van der Waals surface area contributed by atoms with Gasteiger partial charge in [-0.2, -0.15) is 0 Å². The maximum absolute atomic E-state index is 12.4. The van der Waals surface area contributed by atoms with Crippen molar-refractivity contribution in [2.75, 3.05) is 5.23 Å². The third-order valence-electron chi connectivity index (χ3n) is 3.97. The Bertz CT molecular complexity index is 1090. The molecular weight excluding hydrogens is 382 g/mol. The number of ketones is 1. The zero-order valence-electron chi connectivity index (χ0n) is 14.2. The smallest absolute Gasteiger partial charge is 0.343 e. The fourth-order valence-electron chi connectivity index (χ4n) is 2.65. The third kappa shape index (κ3) is 3.52. The van der Waals surface area contributed by atoms with Gasteiger partial charge in [0.05, 0.1) is 16.8 Å². The number of benzene rings is 2. The molecule has 0 saturated carbocycles. The highest BCUT2D eigenvalue weighted by Gasteiger charge is 2.28. The summed E-state index contributed by atoms with van der Waals surface area (Å²) in [6.45, 7) is 0. The van der Waals surface area contributed by atoms with Gasteiger partial charge in [0.2, 0.25) is 5.78 Å². The molecule has 7 nitrogen and oxygen atoms in total. The molecule has 140 valence electrons. The quantitative estimate of drug-likeness (QED) is 0.305. The normalized spacial score (nSPS) is 13.9. The molecule has 2 aromatic carbocycles. The number of esters is 1. The fourth-order valence-corrected chi connectivity index (χ4v) is 3.30. The Kier molecular flexibility index (Phi) is 4.66. The third-order valence-corrected chi connectivity index (χ3v) is 4.79. The molecule has 0 unspecified atom stereocenters. The summed E-state index contributed by atoms with van der Waals surface area (Å²) in [6.07, 6.45) is 1.66. The van der Waals surface area contributed by atoms with Crippen LogP contribution in [0.5, 0.6) is 11.5 Å². The van der Waals surface area contributed by atoms with Crippen molar-refractivity contribution in [3.05, 3.63) is 86.9 Å². The van der Waals surface area contributed by atoms with Gasteiger partial charge in [0, 0.05) is 17.0 Å². The van der Waals surface area contributed by atoms with Crippen molar-refractivity contribution in [1.82, 2.24) is 0 Å². The molecule has 0 amide bonds. The van der Waals surface area contributed by atoms with Gasteiger partial charge in [-0.1, -0.05) is 12.1 Å². The number of Topliss-reactive ketones (excluding diaryl/α,β-unsaturated/α-hetero) is 1. The molecule has 8 heteroatoms. The van der Waals surface area contributed by atoms with Gasteiger partial charge in [0.25, 0.3) is 0 Å². The van der Waals surface area contributed by atoms with E-state index >= 15 is 0 Å². The number of hydrogen-bond acceptors (Lipinski definition) is 8. The Morgan fingerprint density at radius 2 is 2.04 bits per heavy atom. The van der Waals surface area contributed by atoms with Gasteiger partial charge in [-0.3, -0.25) is 10.0 Å². The van der Waals surface area contributed by atoms with E-state index in [0.29, 0.717) is 11.3 Å². The molecule has 0 spiro atoms. The van der Waals surface area contributed by atoms with Crippen LogP contribution in [0, 0.1) is 5.21 Å². The van der Waals surface area contributed by atoms with E-state index in [-0.39, 0.29) is 33.8 Å². The lowest BCUT2D eigenvalue weighted by molar-refractivity contribution is 0.0734. The minimum atomic E-state index is -0.720. The van der Waals surface area contributed by atoms with E-state index in [2.05, 4.69) is 0 Å². The van der Waals surface area contributed by atoms with Gasteiger partial charge in [-0.25, -0.2) is 4.79 Å². The van der Waals surface area contributed by atoms with Gasteiger partial charge >= 0.3 is 5.97 Å². The van der Waals surface area contributed by atoms with Crippen LogP contribution in [0.25, 0.3) is 6.08 Å². The molecule has 0 bridgehead atoms. The minimum Gasteiger partial charge on any atom is -0.733 e. The van der Waals surface area contributed by atoms with Crippen LogP contribution in [0.1, 0.15) is 25.6 Å². The predicted molar refractivity (Wildman–Crippen MR) is 103 cm³/mol. The number of nitrogens with zero attached hydrogens (tertiary/aromatic N) is 1. The van der Waals surface area contributed by atoms with E-state index in [1.807, 2.05) is 17.5 Å². The molecular formula is C20H12NO6S-. The van der Waals surface area contributed by atoms with Crippen LogP contribution < -0.4 is 14.7 Å². The molecule has 0 saturated heterocycles. The molecule has 0 radical (unpaired) electrons. The highest BCUT2D eigenvalue weighted by Crippen LogP contribution is 2.35. The first kappa shape index (κ1) is 17.9. The van der Waals surface area contributed by atoms with Crippen LogP contribution in [0.3, 0.4) is 0 Å². The molecule has 3 aromatic rings. The average molecular weight is 394 g/mol. The molecule has 28 heavy (non-hydrogen) atoms. The van der Waals surface area contributed by atoms with Crippen molar-refractivity contribution in [3.8, 4) is 11.5 Å². The Hall–Kier alpha value is -3.46. The van der Waals surface area contributed by atoms with Crippen LogP contribution >= 0.6 is 11.3 Å². The molecule has 0 atom stereocenters. The zero-order valence-corrected chi connectivity index (χ0v) is 15.0. The Morgan fingerprint density at radius 1 is 1.18 bits per heavy atom. The van der Waals surface area contributed by atoms with Crippen molar-refractivity contribution < 1.29 is 24.3 Å². The van der Waals surface area contributed by atoms with Crippen LogP contribution in [-0.2, 0) is 0 Å². The predicted octanol–water partition coefficient (Wildman–Crippen LogP) is 4.28. The van der Waals surface area contributed by atoms with E-state index in [1.54, 1.807) is 6.08 Å². The highest BCUT2D eigenvalue weighted by molar-refractivity contribution is 7.10. The van der Waals surface area contributed by atoms with Gasteiger partial charge in [-0.05, 0) is 41.8 Å². The highest BCUT2D eigenvalue weighted by atomic mass is 32.1. The fraction of sp³-hybridized carbons (Fsp3) is 0. The largest absolute Gasteiger partial charge is 0.733 e. The summed E-state index contributed by atoms with van der Waals surface area (Å²) in [5.74, 6) is -0.280. The lowest BCUT2D eigenvalue weighted by Gasteiger charge is -2.21. The monoisotopic (exact) mass is 394 g/mol. The number of carbonyl (C=O) groups is 2. The van der Waals surface area contributed by atoms with Crippen molar-refractivity contribution in [2.45, 2.75) is 0 Å². The maximum atomic E-state index is 12.4. The summed E-state index contributed by atoms with van der Waals surface area (Å²) in [4.78, 5) is 25.6. The SMILES string of the molecule is O=C(Oc1ccc2c(c1)OC(=Cc1cccs1)C2=O)c1cccc(N([O-])O)c1. The van der Waals surface area contributed by atoms with E-state index < -0.39 is 5.97 Å². The molecule has 1 aliphatic rings. The first-order valence-corrected chi connectivity index (χ1v) is 8.99. The first-order valence-electron chi connectivity index (χ1n) is 8.11. The van der Waals surface area contributed by atoms with Crippen molar-refractivity contribution in [3.63, 3.8) is 0 Å². The van der Waals surface area contributed by atoms with Crippen molar-refractivity contribution in [1.29, 1.82) is 0 Å². The number of fused-ring (bicyclic) bond motifs is 1. The number of thiophene rings is 1. The number of allylic oxidation sites excluding steroid dienone is 1. The Labute approximate surface area is 163 Å². The number of ether oxygens (including phenoxy) is 2. The van der Waals surface area contributed by atoms with Crippen molar-refractivity contribution >= 4 is 34.9 Å². The van der Waals surface area contributed by atoms with Crippen LogP contribution in [-0.4, -0.2) is 17.0 Å². The number of hydrogen-bond donors (Lipinski definition) is 1. The molecule has 1 N–H and O–H groups in total. The maximum Gasteiger partial charge on any atom is 0.343 e. The molecule has 1 aromatic heterocycles. The van der Waals surface area contributed by atoms with Gasteiger partial charge in [-0.15, -0.1) is 11.3 Å². The van der Waals surface area contributed by atoms with Gasteiger partial charge in [0.1, 0.15) is 11.5 Å². The number of rotatable bonds is 4. The van der Waals surface area contributed by atoms with Gasteiger partial charge < -0.3 is 19.9 Å². The number of carbonyl (C=O) groups excluding carboxylic acids is 2. The summed E-state index contributed by atoms with van der Waals surface area (Å²) in [5.41, 5.74) is 0.371. The Balaban J connectivity index is 1.54. The summed E-state index contributed by atoms with van der Waals surface area (Å²) in [5, 5.41) is 21.4. The zero-order chi connectivity index (χ0) is 19.7. The number of anilines is 1. The lowest BCUT2D eigenvalue weighted by Crippen LogP contribution is -2.11. The molecule has 4 rings (SSSR count). The lowest BCUT2D eigenvalue weighted by atomic mass is 10.1. The van der Waals surface area contributed by atoms with Crippen LogP contribution in [0.15, 0.2) is 65.7 Å². The summed E-state index contributed by atoms with van der Waals surface area (Å²) >= 11 is 1.48. The van der Waals surface area contributed by atoms with Crippen LogP contribution in [0.4, 0.5) is 5.69 Å². The van der Waals surface area contributed by atoms with E-state index in [4.69, 9.17) is 14.7 Å². The summed E-state index contributed by atoms with van der Waals surface area (Å²) < 4.78 is 10.9. The Morgan fingerprint density at radius 3 is 2.79 bits per heavy atom. The van der Waals surface area contributed by atoms with E-state index in [0.717, 1.165) is 4.88 Å². The molecule has 0 fully saturated rings. The molecule has 0 aliphatic carbocycles. The second-order valence-electron chi connectivity index (χ2n) is 5.83. The van der Waals surface area contributed by atoms with Gasteiger partial charge in [0.15, 0.2) is 5.76 Å². The standard InChI is InChI=1S/C20H12NO6S/c22-19-16-7-6-14(10-17(16)27-18(19)11-15-5-2-8-28-15)26-20(23)12-3-1-4-13(9-12)21(24)25/h1-11,24H/q-1. The second-order valence-corrected chi connectivity index (χ2v) is 6.81. The average Bonchev–Trinajstić information content (AvgIpc) is 3.30. The van der Waals surface area contributed by atoms with Crippen molar-refractivity contribution in [2.24, 2.45) is 0 Å². The second kappa shape index (κ2) is 7.28. The molecule has 2 heterocycles. The minimum absolute atomic E-state index is 0.0863. The van der Waals surface area contributed by atoms with E-state index in [1.165, 1.54) is 53.8 Å². The topological polar surface area (TPSA) is 99.1 Å². The van der Waals surface area contributed by atoms with Crippen LogP contribution in [0.2, 0.25) is 0 Å². The molecule has 1 aliphatic heterocycles.